The molecule has 0 aromatic heterocycles. The van der Waals surface area contributed by atoms with E-state index in [0.717, 1.165) is 44.5 Å². The number of hydrogen-bond donors (Lipinski definition) is 2. The maximum atomic E-state index is 13.9. The van der Waals surface area contributed by atoms with Crippen LogP contribution in [0.2, 0.25) is 0 Å². The summed E-state index contributed by atoms with van der Waals surface area (Å²) in [7, 11) is 2.58. The Morgan fingerprint density at radius 1 is 0.613 bits per heavy atom. The number of amides is 3. The van der Waals surface area contributed by atoms with Gasteiger partial charge in [0, 0.05) is 35.1 Å². The molecule has 2 aliphatic carbocycles. The van der Waals surface area contributed by atoms with Gasteiger partial charge in [0.05, 0.1) is 33.4 Å². The Morgan fingerprint density at radius 2 is 1.01 bits per heavy atom. The molecule has 0 saturated carbocycles. The lowest BCUT2D eigenvalue weighted by Gasteiger charge is -2.35. The predicted octanol–water partition coefficient (Wildman–Crippen LogP) is 9.24. The lowest BCUT2D eigenvalue weighted by molar-refractivity contribution is -0.152. The van der Waals surface area contributed by atoms with E-state index in [1.54, 1.807) is 32.9 Å². The summed E-state index contributed by atoms with van der Waals surface area (Å²) in [5.74, 6) is -0.436. The number of nitrogens with zero attached hydrogens (tertiary/aromatic N) is 4. The number of carbonyl (C=O) groups excluding carboxylic acids is 5. The highest BCUT2D eigenvalue weighted by molar-refractivity contribution is 6.25. The average Bonchev–Trinajstić information content (AvgIpc) is 4.22. The number of rotatable bonds is 15. The summed E-state index contributed by atoms with van der Waals surface area (Å²) in [4.78, 5) is 80.0. The van der Waals surface area contributed by atoms with Gasteiger partial charge in [-0.1, -0.05) is 133 Å². The second-order valence-electron chi connectivity index (χ2n) is 22.9. The smallest absolute Gasteiger partial charge is 0.408 e. The maximum Gasteiger partial charge on any atom is 0.408 e. The first-order chi connectivity index (χ1) is 37.4. The fourth-order valence-electron chi connectivity index (χ4n) is 9.73. The molecule has 0 spiro atoms. The zero-order chi connectivity index (χ0) is 57.6. The lowest BCUT2D eigenvalue weighted by Crippen LogP contribution is -2.57. The summed E-state index contributed by atoms with van der Waals surface area (Å²) < 4.78 is 26.9. The van der Waals surface area contributed by atoms with Crippen LogP contribution in [0.5, 0.6) is 11.5 Å². The highest BCUT2D eigenvalue weighted by Crippen LogP contribution is 2.41. The maximum absolute atomic E-state index is 13.9. The van der Waals surface area contributed by atoms with Crippen molar-refractivity contribution >= 4 is 41.3 Å². The Morgan fingerprint density at radius 3 is 1.39 bits per heavy atom. The number of alkyl carbamates (subject to hydrolysis) is 1. The molecule has 2 fully saturated rings. The van der Waals surface area contributed by atoms with Crippen molar-refractivity contribution in [3.8, 4) is 33.8 Å². The molecule has 3 amide bonds. The van der Waals surface area contributed by atoms with Crippen molar-refractivity contribution in [3.63, 3.8) is 0 Å². The molecule has 0 unspecified atom stereocenters. The summed E-state index contributed by atoms with van der Waals surface area (Å²) in [5, 5.41) is 11.8. The Bertz CT molecular complexity index is 3020. The zero-order valence-electron chi connectivity index (χ0n) is 47.1. The minimum atomic E-state index is -0.970. The number of nitrogens with two attached hydrogens (primary N) is 1. The average molecular weight is 1100 g/mol. The number of esters is 2. The van der Waals surface area contributed by atoms with Crippen LogP contribution in [0.25, 0.3) is 22.3 Å². The number of ether oxygens (including phenoxy) is 5. The molecule has 18 nitrogen and oxygen atoms in total. The van der Waals surface area contributed by atoms with E-state index in [2.05, 4.69) is 28.8 Å². The number of benzene rings is 4. The van der Waals surface area contributed by atoms with Gasteiger partial charge in [-0.2, -0.15) is 0 Å². The third-order valence-corrected chi connectivity index (χ3v) is 13.8. The molecular formula is C62H78N6O12. The number of hydrogen-bond acceptors (Lipinski definition) is 15. The van der Waals surface area contributed by atoms with Crippen LogP contribution in [0.1, 0.15) is 105 Å². The summed E-state index contributed by atoms with van der Waals surface area (Å²) in [6.07, 6.45) is 2.00. The molecule has 4 aromatic carbocycles. The van der Waals surface area contributed by atoms with E-state index in [-0.39, 0.29) is 39.3 Å². The van der Waals surface area contributed by atoms with E-state index in [9.17, 15) is 24.0 Å². The molecule has 2 aliphatic heterocycles. The van der Waals surface area contributed by atoms with E-state index in [4.69, 9.17) is 39.1 Å². The zero-order valence-corrected chi connectivity index (χ0v) is 47.1. The van der Waals surface area contributed by atoms with Gasteiger partial charge in [0.1, 0.15) is 72.1 Å². The second kappa shape index (κ2) is 25.4. The van der Waals surface area contributed by atoms with Crippen LogP contribution >= 0.6 is 0 Å². The Balaban J connectivity index is 0.000000259. The van der Waals surface area contributed by atoms with Crippen LogP contribution in [-0.2, 0) is 43.1 Å². The number of carbonyl (C=O) groups is 5. The Labute approximate surface area is 470 Å². The monoisotopic (exact) mass is 1100 g/mol. The van der Waals surface area contributed by atoms with E-state index in [1.165, 1.54) is 24.0 Å². The molecule has 8 rings (SSSR count). The van der Waals surface area contributed by atoms with Crippen LogP contribution < -0.4 is 20.5 Å². The number of fused-ring (bicyclic) bond motifs is 6. The van der Waals surface area contributed by atoms with Gasteiger partial charge in [-0.3, -0.25) is 9.59 Å². The van der Waals surface area contributed by atoms with Gasteiger partial charge < -0.3 is 54.2 Å². The van der Waals surface area contributed by atoms with Crippen molar-refractivity contribution in [2.24, 2.45) is 26.9 Å². The molecular weight excluding hydrogens is 1020 g/mol. The summed E-state index contributed by atoms with van der Waals surface area (Å²) in [6, 6.07) is 24.1. The molecule has 2 heterocycles. The molecule has 4 aromatic rings. The van der Waals surface area contributed by atoms with Gasteiger partial charge in [-0.05, 0) is 90.3 Å². The van der Waals surface area contributed by atoms with Gasteiger partial charge in [0.25, 0.3) is 0 Å². The van der Waals surface area contributed by atoms with Crippen molar-refractivity contribution in [1.82, 2.24) is 15.1 Å². The van der Waals surface area contributed by atoms with E-state index in [0.29, 0.717) is 36.1 Å². The first kappa shape index (κ1) is 61.2. The molecule has 0 bridgehead atoms. The SMILES string of the molecule is C.C=CCOc1ccc2c(c1)C(=NO[C@@H]1C[C@@H](C(=O)OC)N(C(=O)[C@@H](N)C(C)(C)C)C1)c1ccccc1-2.C=CCOc1ccc2c(c1)C(=NO[C@@H]1C[C@@H](C(=O)OC)N(C(=O)[C@@H](NC(=O)OC(C)(C)C)C(C)(C)C)C1)c1ccccc1-2. The van der Waals surface area contributed by atoms with Crippen molar-refractivity contribution < 1.29 is 57.3 Å². The highest BCUT2D eigenvalue weighted by atomic mass is 16.6. The number of likely N-dealkylation sites (tertiary alicyclic amines) is 2. The van der Waals surface area contributed by atoms with Gasteiger partial charge in [-0.15, -0.1) is 0 Å². The summed E-state index contributed by atoms with van der Waals surface area (Å²) in [5.41, 5.74) is 13.3. The minimum absolute atomic E-state index is 0. The first-order valence-electron chi connectivity index (χ1n) is 26.3. The predicted molar refractivity (Wildman–Crippen MR) is 307 cm³/mol. The van der Waals surface area contributed by atoms with Crippen molar-refractivity contribution in [2.45, 2.75) is 125 Å². The largest absolute Gasteiger partial charge is 0.490 e. The minimum Gasteiger partial charge on any atom is -0.490 e. The Hall–Kier alpha value is -7.99. The number of nitrogens with one attached hydrogen (secondary N) is 1. The molecule has 4 aliphatic rings. The molecule has 428 valence electrons. The van der Waals surface area contributed by atoms with E-state index < -0.39 is 76.7 Å². The summed E-state index contributed by atoms with van der Waals surface area (Å²) >= 11 is 0. The van der Waals surface area contributed by atoms with Gasteiger partial charge in [0.15, 0.2) is 0 Å². The molecule has 2 saturated heterocycles. The second-order valence-corrected chi connectivity index (χ2v) is 22.9. The van der Waals surface area contributed by atoms with Crippen molar-refractivity contribution in [3.05, 3.63) is 132 Å². The third-order valence-electron chi connectivity index (χ3n) is 13.8. The normalized spacial score (nSPS) is 19.6. The van der Waals surface area contributed by atoms with Crippen LogP contribution in [-0.4, -0.2) is 134 Å². The van der Waals surface area contributed by atoms with Gasteiger partial charge in [-0.25, -0.2) is 14.4 Å². The molecule has 80 heavy (non-hydrogen) atoms. The summed E-state index contributed by atoms with van der Waals surface area (Å²) in [6.45, 7) is 24.8. The number of methoxy groups -OCH3 is 2. The van der Waals surface area contributed by atoms with Crippen LogP contribution in [0, 0.1) is 10.8 Å². The van der Waals surface area contributed by atoms with E-state index >= 15 is 0 Å². The van der Waals surface area contributed by atoms with Crippen LogP contribution in [0.15, 0.2) is 121 Å². The van der Waals surface area contributed by atoms with Gasteiger partial charge >= 0.3 is 18.0 Å². The quantitative estimate of drug-likeness (QED) is 0.0425. The third kappa shape index (κ3) is 13.9. The van der Waals surface area contributed by atoms with Crippen LogP contribution in [0.3, 0.4) is 0 Å². The van der Waals surface area contributed by atoms with Crippen LogP contribution in [0.4, 0.5) is 4.79 Å². The molecule has 3 N–H and O–H groups in total. The standard InChI is InChI=1S/C33H41N3O7.C28H33N3O5.CH4/c1-9-16-41-20-14-15-23-22-12-10-11-13-24(22)27(25(23)17-20)35-43-21-18-26(30(38)40-8)36(19-21)29(37)28(32(2,3)4)34-31(39)42-33(5,6)7;1-6-13-35-17-11-12-20-19-9-7-8-10-21(19)24(22(20)14-17)30-36-18-15-23(27(33)34-5)31(16-18)26(32)25(29)28(2,3)4;/h9-15,17,21,26,28H,1,16,18-19H2,2-8H3,(H,34,39);6-12,14,18,23,25H,1,13,15-16,29H2,2-5H3;1H4/t21-,26+,28-;18-,23+,25-;/m11./s1. The fraction of sp³-hybridized carbons (Fsp3) is 0.435. The van der Waals surface area contributed by atoms with Crippen molar-refractivity contribution in [2.75, 3.05) is 40.5 Å². The first-order valence-corrected chi connectivity index (χ1v) is 26.3. The fourth-order valence-corrected chi connectivity index (χ4v) is 9.73. The molecule has 18 heteroatoms. The highest BCUT2D eigenvalue weighted by Gasteiger charge is 2.48. The Kier molecular flexibility index (Phi) is 19.5. The van der Waals surface area contributed by atoms with Gasteiger partial charge in [0.2, 0.25) is 11.8 Å². The van der Waals surface area contributed by atoms with Crippen molar-refractivity contribution in [1.29, 1.82) is 0 Å². The molecule has 6 atom stereocenters. The topological polar surface area (TPSA) is 219 Å². The molecule has 0 radical (unpaired) electrons. The number of oxime groups is 2. The lowest BCUT2D eigenvalue weighted by atomic mass is 9.85. The van der Waals surface area contributed by atoms with E-state index in [1.807, 2.05) is 126 Å².